The van der Waals surface area contributed by atoms with E-state index in [-0.39, 0.29) is 5.41 Å². The maximum absolute atomic E-state index is 4.86. The molecule has 0 spiro atoms. The van der Waals surface area contributed by atoms with E-state index in [0.29, 0.717) is 0 Å². The summed E-state index contributed by atoms with van der Waals surface area (Å²) in [7, 11) is 1.67. The lowest BCUT2D eigenvalue weighted by Crippen LogP contribution is -2.10. The molecule has 1 heteroatoms. The summed E-state index contributed by atoms with van der Waals surface area (Å²) >= 11 is 0. The van der Waals surface area contributed by atoms with Gasteiger partial charge in [0.15, 0.2) is 0 Å². The first-order chi connectivity index (χ1) is 7.04. The van der Waals surface area contributed by atoms with Crippen LogP contribution < -0.4 is 0 Å². The van der Waals surface area contributed by atoms with Crippen molar-refractivity contribution < 1.29 is 4.74 Å². The van der Waals surface area contributed by atoms with Crippen molar-refractivity contribution >= 4 is 0 Å². The molecule has 0 saturated carbocycles. The third-order valence-electron chi connectivity index (χ3n) is 2.41. The fourth-order valence-electron chi connectivity index (χ4n) is 1.42. The Balaban J connectivity index is 2.69. The molecule has 0 heterocycles. The van der Waals surface area contributed by atoms with Gasteiger partial charge in [0, 0.05) is 0 Å². The van der Waals surface area contributed by atoms with Gasteiger partial charge in [0.05, 0.1) is 13.4 Å². The Bertz CT molecular complexity index is 314. The van der Waals surface area contributed by atoms with Crippen molar-refractivity contribution in [2.45, 2.75) is 32.6 Å². The van der Waals surface area contributed by atoms with E-state index in [1.807, 2.05) is 6.08 Å². The predicted molar refractivity (Wildman–Crippen MR) is 65.0 cm³/mol. The van der Waals surface area contributed by atoms with E-state index in [0.717, 1.165) is 6.42 Å². The molecule has 0 fully saturated rings. The Morgan fingerprint density at radius 2 is 1.73 bits per heavy atom. The molecule has 0 aliphatic rings. The van der Waals surface area contributed by atoms with Crippen molar-refractivity contribution in [1.29, 1.82) is 0 Å². The second kappa shape index (κ2) is 5.01. The maximum Gasteiger partial charge on any atom is 0.0788 e. The monoisotopic (exact) mass is 204 g/mol. The van der Waals surface area contributed by atoms with Gasteiger partial charge in [-0.2, -0.15) is 0 Å². The number of allylic oxidation sites excluding steroid dienone is 1. The number of hydrogen-bond acceptors (Lipinski definition) is 1. The summed E-state index contributed by atoms with van der Waals surface area (Å²) in [5.41, 5.74) is 2.93. The molecule has 1 nitrogen and oxygen atoms in total. The van der Waals surface area contributed by atoms with Gasteiger partial charge in [-0.3, -0.25) is 0 Å². The highest BCUT2D eigenvalue weighted by Crippen LogP contribution is 2.22. The van der Waals surface area contributed by atoms with Crippen LogP contribution >= 0.6 is 0 Å². The third kappa shape index (κ3) is 3.78. The number of rotatable bonds is 3. The zero-order chi connectivity index (χ0) is 11.3. The largest absolute Gasteiger partial charge is 0.505 e. The molecule has 0 unspecified atom stereocenters. The van der Waals surface area contributed by atoms with Gasteiger partial charge in [0.1, 0.15) is 0 Å². The highest BCUT2D eigenvalue weighted by molar-refractivity contribution is 5.28. The highest BCUT2D eigenvalue weighted by atomic mass is 16.5. The molecule has 0 aliphatic carbocycles. The fraction of sp³-hybridized carbons (Fsp3) is 0.429. The van der Waals surface area contributed by atoms with E-state index in [1.165, 1.54) is 11.1 Å². The molecule has 1 rings (SSSR count). The molecular weight excluding hydrogens is 184 g/mol. The van der Waals surface area contributed by atoms with Gasteiger partial charge in [-0.25, -0.2) is 0 Å². The second-order valence-corrected chi connectivity index (χ2v) is 4.76. The molecular formula is C14H20O. The molecule has 0 N–H and O–H groups in total. The van der Waals surface area contributed by atoms with Crippen LogP contribution in [0.25, 0.3) is 0 Å². The molecule has 0 bridgehead atoms. The van der Waals surface area contributed by atoms with Crippen molar-refractivity contribution in [1.82, 2.24) is 0 Å². The Morgan fingerprint density at radius 1 is 1.13 bits per heavy atom. The zero-order valence-corrected chi connectivity index (χ0v) is 10.1. The van der Waals surface area contributed by atoms with Gasteiger partial charge < -0.3 is 4.74 Å². The Kier molecular flexibility index (Phi) is 3.96. The van der Waals surface area contributed by atoms with Crippen LogP contribution in [-0.2, 0) is 16.6 Å². The molecule has 1 aromatic carbocycles. The van der Waals surface area contributed by atoms with E-state index < -0.39 is 0 Å². The van der Waals surface area contributed by atoms with Crippen LogP contribution in [0.5, 0.6) is 0 Å². The summed E-state index contributed by atoms with van der Waals surface area (Å²) in [5.74, 6) is 0. The average molecular weight is 204 g/mol. The topological polar surface area (TPSA) is 9.23 Å². The molecule has 15 heavy (non-hydrogen) atoms. The quantitative estimate of drug-likeness (QED) is 0.682. The second-order valence-electron chi connectivity index (χ2n) is 4.76. The number of hydrogen-bond donors (Lipinski definition) is 0. The lowest BCUT2D eigenvalue weighted by atomic mass is 9.86. The summed E-state index contributed by atoms with van der Waals surface area (Å²) in [4.78, 5) is 0. The summed E-state index contributed by atoms with van der Waals surface area (Å²) < 4.78 is 4.86. The predicted octanol–water partition coefficient (Wildman–Crippen LogP) is 3.69. The normalized spacial score (nSPS) is 12.0. The third-order valence-corrected chi connectivity index (χ3v) is 2.41. The van der Waals surface area contributed by atoms with Crippen LogP contribution in [0.1, 0.15) is 31.9 Å². The summed E-state index contributed by atoms with van der Waals surface area (Å²) in [6, 6.07) is 8.77. The van der Waals surface area contributed by atoms with Gasteiger partial charge in [-0.15, -0.1) is 0 Å². The molecule has 1 aromatic rings. The zero-order valence-electron chi connectivity index (χ0n) is 10.1. The first-order valence-corrected chi connectivity index (χ1v) is 5.31. The number of benzene rings is 1. The Labute approximate surface area is 92.8 Å². The first-order valence-electron chi connectivity index (χ1n) is 5.31. The van der Waals surface area contributed by atoms with Crippen molar-refractivity contribution in [3.63, 3.8) is 0 Å². The van der Waals surface area contributed by atoms with E-state index in [2.05, 4.69) is 45.0 Å². The van der Waals surface area contributed by atoms with Crippen molar-refractivity contribution in [2.24, 2.45) is 0 Å². The van der Waals surface area contributed by atoms with E-state index >= 15 is 0 Å². The smallest absolute Gasteiger partial charge is 0.0788 e. The minimum absolute atomic E-state index is 0.237. The molecule has 0 amide bonds. The van der Waals surface area contributed by atoms with Crippen LogP contribution in [0.4, 0.5) is 0 Å². The van der Waals surface area contributed by atoms with Crippen LogP contribution in [0.2, 0.25) is 0 Å². The van der Waals surface area contributed by atoms with Gasteiger partial charge >= 0.3 is 0 Å². The number of ether oxygens (including phenoxy) is 1. The molecule has 0 saturated heterocycles. The summed E-state index contributed by atoms with van der Waals surface area (Å²) in [6.45, 7) is 6.69. The summed E-state index contributed by atoms with van der Waals surface area (Å²) in [5, 5.41) is 0. The highest BCUT2D eigenvalue weighted by Gasteiger charge is 2.12. The lowest BCUT2D eigenvalue weighted by molar-refractivity contribution is 0.337. The van der Waals surface area contributed by atoms with Crippen molar-refractivity contribution in [2.75, 3.05) is 7.11 Å². The van der Waals surface area contributed by atoms with Crippen molar-refractivity contribution in [3.8, 4) is 0 Å². The first kappa shape index (κ1) is 11.8. The van der Waals surface area contributed by atoms with Crippen LogP contribution in [0, 0.1) is 0 Å². The van der Waals surface area contributed by atoms with Gasteiger partial charge in [0.2, 0.25) is 0 Å². The summed E-state index contributed by atoms with van der Waals surface area (Å²) in [6.07, 6.45) is 4.67. The lowest BCUT2D eigenvalue weighted by Gasteiger charge is -2.18. The molecule has 0 aromatic heterocycles. The van der Waals surface area contributed by atoms with Gasteiger partial charge in [-0.05, 0) is 29.0 Å². The van der Waals surface area contributed by atoms with Crippen LogP contribution in [0.15, 0.2) is 36.6 Å². The molecule has 82 valence electrons. The molecule has 0 radical (unpaired) electrons. The van der Waals surface area contributed by atoms with Crippen LogP contribution in [0.3, 0.4) is 0 Å². The minimum atomic E-state index is 0.237. The SMILES string of the molecule is CO/C=C/Cc1ccc(C(C)(C)C)cc1. The van der Waals surface area contributed by atoms with E-state index in [4.69, 9.17) is 4.74 Å². The Hall–Kier alpha value is -1.24. The van der Waals surface area contributed by atoms with Gasteiger partial charge in [0.25, 0.3) is 0 Å². The van der Waals surface area contributed by atoms with E-state index in [1.54, 1.807) is 13.4 Å². The van der Waals surface area contributed by atoms with E-state index in [9.17, 15) is 0 Å². The fourth-order valence-corrected chi connectivity index (χ4v) is 1.42. The van der Waals surface area contributed by atoms with Gasteiger partial charge in [-0.1, -0.05) is 45.0 Å². The number of methoxy groups -OCH3 is 1. The Morgan fingerprint density at radius 3 is 2.20 bits per heavy atom. The molecule has 0 atom stereocenters. The van der Waals surface area contributed by atoms with Crippen molar-refractivity contribution in [3.05, 3.63) is 47.7 Å². The maximum atomic E-state index is 4.86. The minimum Gasteiger partial charge on any atom is -0.505 e. The molecule has 0 aliphatic heterocycles. The average Bonchev–Trinajstić information content (AvgIpc) is 2.18. The van der Waals surface area contributed by atoms with Crippen LogP contribution in [-0.4, -0.2) is 7.11 Å². The standard InChI is InChI=1S/C14H20O/c1-14(2,3)13-9-7-12(8-10-13)6-5-11-15-4/h5,7-11H,6H2,1-4H3/b11-5+.